The molecule has 6 nitrogen and oxygen atoms in total. The Bertz CT molecular complexity index is 501. The number of amides is 1. The number of aliphatic carboxylic acids is 1. The topological polar surface area (TPSA) is 92.2 Å². The lowest BCUT2D eigenvalue weighted by molar-refractivity contribution is -0.146. The number of carbonyl (C=O) groups excluding carboxylic acids is 1. The largest absolute Gasteiger partial charge is 0.480 e. The van der Waals surface area contributed by atoms with Crippen molar-refractivity contribution >= 4 is 23.6 Å². The van der Waals surface area contributed by atoms with Crippen LogP contribution in [-0.4, -0.2) is 38.2 Å². The molecule has 0 radical (unpaired) electrons. The van der Waals surface area contributed by atoms with Crippen molar-refractivity contribution in [2.24, 2.45) is 0 Å². The Balaban J connectivity index is 2.61. The van der Waals surface area contributed by atoms with E-state index in [-0.39, 0.29) is 11.7 Å². The van der Waals surface area contributed by atoms with Crippen LogP contribution < -0.4 is 5.32 Å². The van der Waals surface area contributed by atoms with Crippen molar-refractivity contribution in [3.05, 3.63) is 17.5 Å². The van der Waals surface area contributed by atoms with E-state index in [0.717, 1.165) is 11.4 Å². The fraction of sp³-hybridized carbons (Fsp3) is 0.538. The molecular formula is C13H19N3O3S. The second-order valence-electron chi connectivity index (χ2n) is 4.76. The van der Waals surface area contributed by atoms with Crippen molar-refractivity contribution in [3.63, 3.8) is 0 Å². The van der Waals surface area contributed by atoms with Crippen LogP contribution in [-0.2, 0) is 9.59 Å². The predicted octanol–water partition coefficient (Wildman–Crippen LogP) is 1.56. The molecule has 0 aliphatic rings. The maximum Gasteiger partial charge on any atom is 0.329 e. The summed E-state index contributed by atoms with van der Waals surface area (Å²) in [6, 6.07) is 1.85. The fourth-order valence-corrected chi connectivity index (χ4v) is 2.27. The van der Waals surface area contributed by atoms with Crippen molar-refractivity contribution < 1.29 is 14.7 Å². The number of hydrogen-bond donors (Lipinski definition) is 2. The number of nitrogens with zero attached hydrogens (tertiary/aromatic N) is 2. The van der Waals surface area contributed by atoms with Gasteiger partial charge in [-0.05, 0) is 33.3 Å². The van der Waals surface area contributed by atoms with Gasteiger partial charge in [0.05, 0.1) is 5.75 Å². The van der Waals surface area contributed by atoms with Gasteiger partial charge in [0.1, 0.15) is 5.54 Å². The van der Waals surface area contributed by atoms with Crippen molar-refractivity contribution in [2.45, 2.75) is 44.8 Å². The first-order valence-electron chi connectivity index (χ1n) is 6.26. The van der Waals surface area contributed by atoms with Gasteiger partial charge >= 0.3 is 5.97 Å². The van der Waals surface area contributed by atoms with Crippen LogP contribution in [0.4, 0.5) is 0 Å². The quantitative estimate of drug-likeness (QED) is 0.611. The molecule has 1 heterocycles. The molecule has 1 amide bonds. The number of carboxylic acid groups (broad SMARTS) is 1. The molecule has 1 rings (SSSR count). The lowest BCUT2D eigenvalue weighted by atomic mass is 9.99. The van der Waals surface area contributed by atoms with Gasteiger partial charge in [-0.3, -0.25) is 4.79 Å². The average Bonchev–Trinajstić information content (AvgIpc) is 2.35. The van der Waals surface area contributed by atoms with Gasteiger partial charge in [-0.25, -0.2) is 14.8 Å². The second-order valence-corrected chi connectivity index (χ2v) is 5.70. The molecule has 1 aromatic rings. The second kappa shape index (κ2) is 6.69. The Hall–Kier alpha value is -1.63. The molecule has 7 heteroatoms. The Morgan fingerprint density at radius 2 is 1.90 bits per heavy atom. The first kappa shape index (κ1) is 16.4. The number of thioether (sulfide) groups is 1. The summed E-state index contributed by atoms with van der Waals surface area (Å²) in [5.74, 6) is -1.29. The van der Waals surface area contributed by atoms with Crippen LogP contribution >= 0.6 is 11.8 Å². The third kappa shape index (κ3) is 4.48. The lowest BCUT2D eigenvalue weighted by Crippen LogP contribution is -2.52. The SMILES string of the molecule is CCC(C)(NC(=O)CSc1nc(C)cc(C)n1)C(=O)O. The minimum absolute atomic E-state index is 0.0891. The number of aryl methyl sites for hydroxylation is 2. The van der Waals surface area contributed by atoms with Crippen LogP contribution in [0, 0.1) is 13.8 Å². The molecule has 0 aliphatic carbocycles. The van der Waals surface area contributed by atoms with Crippen molar-refractivity contribution in [1.82, 2.24) is 15.3 Å². The molecule has 1 unspecified atom stereocenters. The van der Waals surface area contributed by atoms with Crippen LogP contribution in [0.25, 0.3) is 0 Å². The van der Waals surface area contributed by atoms with E-state index in [1.165, 1.54) is 18.7 Å². The molecule has 110 valence electrons. The smallest absolute Gasteiger partial charge is 0.329 e. The van der Waals surface area contributed by atoms with E-state index in [9.17, 15) is 9.59 Å². The summed E-state index contributed by atoms with van der Waals surface area (Å²) < 4.78 is 0. The van der Waals surface area contributed by atoms with Crippen molar-refractivity contribution in [1.29, 1.82) is 0 Å². The number of nitrogens with one attached hydrogen (secondary N) is 1. The van der Waals surface area contributed by atoms with E-state index in [2.05, 4.69) is 15.3 Å². The van der Waals surface area contributed by atoms with Gasteiger partial charge in [-0.15, -0.1) is 0 Å². The number of rotatable bonds is 6. The van der Waals surface area contributed by atoms with Crippen LogP contribution in [0.3, 0.4) is 0 Å². The maximum atomic E-state index is 11.8. The molecule has 0 spiro atoms. The fourth-order valence-electron chi connectivity index (χ4n) is 1.53. The number of carbonyl (C=O) groups is 2. The normalized spacial score (nSPS) is 13.6. The summed E-state index contributed by atoms with van der Waals surface area (Å²) in [6.45, 7) is 6.93. The molecule has 1 aromatic heterocycles. The summed E-state index contributed by atoms with van der Waals surface area (Å²) in [5.41, 5.74) is 0.440. The number of hydrogen-bond acceptors (Lipinski definition) is 5. The zero-order valence-electron chi connectivity index (χ0n) is 12.1. The van der Waals surface area contributed by atoms with Gasteiger partial charge in [0.25, 0.3) is 0 Å². The van der Waals surface area contributed by atoms with Crippen molar-refractivity contribution in [3.8, 4) is 0 Å². The summed E-state index contributed by atoms with van der Waals surface area (Å²) in [5, 5.41) is 12.1. The zero-order valence-corrected chi connectivity index (χ0v) is 12.9. The van der Waals surface area contributed by atoms with E-state index >= 15 is 0 Å². The third-order valence-corrected chi connectivity index (χ3v) is 3.74. The standard InChI is InChI=1S/C13H19N3O3S/c1-5-13(4,11(18)19)16-10(17)7-20-12-14-8(2)6-9(3)15-12/h6H,5,7H2,1-4H3,(H,16,17)(H,18,19). The van der Waals surface area contributed by atoms with Crippen molar-refractivity contribution in [2.75, 3.05) is 5.75 Å². The van der Waals surface area contributed by atoms with E-state index in [4.69, 9.17) is 5.11 Å². The van der Waals surface area contributed by atoms with Gasteiger partial charge in [0.2, 0.25) is 5.91 Å². The minimum atomic E-state index is -1.24. The molecule has 2 N–H and O–H groups in total. The Morgan fingerprint density at radius 3 is 2.35 bits per heavy atom. The molecule has 20 heavy (non-hydrogen) atoms. The van der Waals surface area contributed by atoms with E-state index < -0.39 is 11.5 Å². The molecule has 0 saturated heterocycles. The minimum Gasteiger partial charge on any atom is -0.480 e. The highest BCUT2D eigenvalue weighted by atomic mass is 32.2. The van der Waals surface area contributed by atoms with Gasteiger partial charge in [-0.1, -0.05) is 18.7 Å². The molecule has 0 aliphatic heterocycles. The van der Waals surface area contributed by atoms with E-state index in [1.807, 2.05) is 19.9 Å². The molecular weight excluding hydrogens is 278 g/mol. The van der Waals surface area contributed by atoms with Crippen LogP contribution in [0.2, 0.25) is 0 Å². The summed E-state index contributed by atoms with van der Waals surface area (Å²) >= 11 is 1.19. The predicted molar refractivity (Wildman–Crippen MR) is 76.7 cm³/mol. The first-order valence-corrected chi connectivity index (χ1v) is 7.25. The summed E-state index contributed by atoms with van der Waals surface area (Å²) in [6.07, 6.45) is 0.318. The Labute approximate surface area is 122 Å². The Morgan fingerprint density at radius 1 is 1.35 bits per heavy atom. The Kier molecular flexibility index (Phi) is 5.50. The van der Waals surface area contributed by atoms with Crippen LogP contribution in [0.1, 0.15) is 31.7 Å². The zero-order chi connectivity index (χ0) is 15.3. The monoisotopic (exact) mass is 297 g/mol. The highest BCUT2D eigenvalue weighted by molar-refractivity contribution is 7.99. The highest BCUT2D eigenvalue weighted by Crippen LogP contribution is 2.15. The maximum absolute atomic E-state index is 11.8. The van der Waals surface area contributed by atoms with Gasteiger partial charge in [-0.2, -0.15) is 0 Å². The third-order valence-electron chi connectivity index (χ3n) is 2.89. The number of aromatic nitrogens is 2. The molecule has 0 fully saturated rings. The highest BCUT2D eigenvalue weighted by Gasteiger charge is 2.32. The lowest BCUT2D eigenvalue weighted by Gasteiger charge is -2.24. The molecule has 0 saturated carbocycles. The summed E-state index contributed by atoms with van der Waals surface area (Å²) in [7, 11) is 0. The van der Waals surface area contributed by atoms with E-state index in [0.29, 0.717) is 11.6 Å². The molecule has 0 bridgehead atoms. The van der Waals surface area contributed by atoms with Gasteiger partial charge in [0.15, 0.2) is 5.16 Å². The van der Waals surface area contributed by atoms with Gasteiger partial charge < -0.3 is 10.4 Å². The van der Waals surface area contributed by atoms with Crippen LogP contribution in [0.15, 0.2) is 11.2 Å². The first-order chi connectivity index (χ1) is 9.26. The molecule has 1 atom stereocenters. The summed E-state index contributed by atoms with van der Waals surface area (Å²) in [4.78, 5) is 31.3. The van der Waals surface area contributed by atoms with Crippen LogP contribution in [0.5, 0.6) is 0 Å². The van der Waals surface area contributed by atoms with E-state index in [1.54, 1.807) is 6.92 Å². The number of carboxylic acids is 1. The van der Waals surface area contributed by atoms with Gasteiger partial charge in [0, 0.05) is 11.4 Å². The molecule has 0 aromatic carbocycles. The average molecular weight is 297 g/mol.